The molecular formula is C21H25NO6. The maximum atomic E-state index is 12.1. The molecule has 0 aliphatic carbocycles. The molecule has 0 saturated carbocycles. The average molecular weight is 387 g/mol. The molecule has 2 N–H and O–H groups in total. The number of hydrogen-bond donors (Lipinski definition) is 2. The maximum absolute atomic E-state index is 12.1. The van der Waals surface area contributed by atoms with Crippen LogP contribution in [0.25, 0.3) is 10.8 Å². The van der Waals surface area contributed by atoms with Crippen LogP contribution in [0.1, 0.15) is 34.6 Å². The summed E-state index contributed by atoms with van der Waals surface area (Å²) in [5.74, 6) is -2.24. The molecule has 2 rings (SSSR count). The van der Waals surface area contributed by atoms with Crippen molar-refractivity contribution in [2.24, 2.45) is 11.8 Å². The number of ether oxygens (including phenoxy) is 2. The van der Waals surface area contributed by atoms with Gasteiger partial charge >= 0.3 is 17.9 Å². The Hall–Kier alpha value is -3.09. The first kappa shape index (κ1) is 21.2. The molecule has 7 nitrogen and oxygen atoms in total. The van der Waals surface area contributed by atoms with Crippen LogP contribution >= 0.6 is 0 Å². The third-order valence-corrected chi connectivity index (χ3v) is 4.02. The summed E-state index contributed by atoms with van der Waals surface area (Å²) in [6, 6.07) is 7.72. The van der Waals surface area contributed by atoms with E-state index in [1.165, 1.54) is 6.92 Å². The van der Waals surface area contributed by atoms with Crippen molar-refractivity contribution in [3.63, 3.8) is 0 Å². The van der Waals surface area contributed by atoms with Crippen LogP contribution in [-0.2, 0) is 14.4 Å². The summed E-state index contributed by atoms with van der Waals surface area (Å²) in [4.78, 5) is 35.1. The first-order valence-corrected chi connectivity index (χ1v) is 9.09. The molecule has 0 radical (unpaired) electrons. The van der Waals surface area contributed by atoms with Gasteiger partial charge in [-0.25, -0.2) is 0 Å². The number of esters is 2. The van der Waals surface area contributed by atoms with Crippen LogP contribution in [0, 0.1) is 11.8 Å². The van der Waals surface area contributed by atoms with Gasteiger partial charge in [-0.1, -0.05) is 33.8 Å². The zero-order chi connectivity index (χ0) is 21.0. The normalized spacial score (nSPS) is 12.1. The van der Waals surface area contributed by atoms with Crippen molar-refractivity contribution < 1.29 is 29.0 Å². The van der Waals surface area contributed by atoms with E-state index >= 15 is 0 Å². The molecule has 0 amide bonds. The number of carbonyl (C=O) groups is 3. The molecule has 0 aliphatic rings. The fourth-order valence-electron chi connectivity index (χ4n) is 2.27. The minimum Gasteiger partial charge on any atom is -0.480 e. The third-order valence-electron chi connectivity index (χ3n) is 4.02. The van der Waals surface area contributed by atoms with Gasteiger partial charge in [0.1, 0.15) is 6.04 Å². The van der Waals surface area contributed by atoms with Gasteiger partial charge < -0.3 is 19.9 Å². The lowest BCUT2D eigenvalue weighted by Crippen LogP contribution is -2.25. The number of benzene rings is 2. The molecule has 2 aromatic rings. The lowest BCUT2D eigenvalue weighted by atomic mass is 10.1. The Morgan fingerprint density at radius 2 is 1.32 bits per heavy atom. The van der Waals surface area contributed by atoms with Crippen molar-refractivity contribution in [1.82, 2.24) is 0 Å². The minimum absolute atomic E-state index is 0.142. The van der Waals surface area contributed by atoms with Crippen LogP contribution < -0.4 is 14.8 Å². The maximum Gasteiger partial charge on any atom is 0.325 e. The summed E-state index contributed by atoms with van der Waals surface area (Å²) in [7, 11) is 0. The van der Waals surface area contributed by atoms with E-state index in [1.807, 2.05) is 0 Å². The highest BCUT2D eigenvalue weighted by molar-refractivity contribution is 5.91. The molecule has 150 valence electrons. The molecule has 0 aromatic heterocycles. The quantitative estimate of drug-likeness (QED) is 0.549. The smallest absolute Gasteiger partial charge is 0.325 e. The number of carbonyl (C=O) groups excluding carboxylic acids is 2. The zero-order valence-corrected chi connectivity index (χ0v) is 16.6. The number of rotatable bonds is 7. The van der Waals surface area contributed by atoms with Gasteiger partial charge in [-0.05, 0) is 42.0 Å². The van der Waals surface area contributed by atoms with Gasteiger partial charge in [-0.15, -0.1) is 0 Å². The first-order chi connectivity index (χ1) is 13.1. The Bertz CT molecular complexity index is 903. The molecule has 2 aromatic carbocycles. The number of anilines is 1. The van der Waals surface area contributed by atoms with Crippen molar-refractivity contribution in [2.75, 3.05) is 5.32 Å². The van der Waals surface area contributed by atoms with Crippen LogP contribution in [0.5, 0.6) is 11.5 Å². The summed E-state index contributed by atoms with van der Waals surface area (Å²) in [6.07, 6.45) is 0. The topological polar surface area (TPSA) is 102 Å². The highest BCUT2D eigenvalue weighted by Gasteiger charge is 2.19. The van der Waals surface area contributed by atoms with E-state index in [4.69, 9.17) is 14.6 Å². The van der Waals surface area contributed by atoms with E-state index in [0.29, 0.717) is 11.1 Å². The Labute approximate surface area is 163 Å². The van der Waals surface area contributed by atoms with Gasteiger partial charge in [-0.2, -0.15) is 0 Å². The average Bonchev–Trinajstić information content (AvgIpc) is 2.61. The number of carboxylic acid groups (broad SMARTS) is 1. The van der Waals surface area contributed by atoms with Gasteiger partial charge in [0.05, 0.1) is 11.8 Å². The second kappa shape index (κ2) is 8.73. The summed E-state index contributed by atoms with van der Waals surface area (Å²) in [5.41, 5.74) is 0.607. The number of fused-ring (bicyclic) bond motifs is 1. The van der Waals surface area contributed by atoms with Gasteiger partial charge in [-0.3, -0.25) is 14.4 Å². The van der Waals surface area contributed by atoms with Crippen molar-refractivity contribution in [2.45, 2.75) is 40.7 Å². The predicted octanol–water partition coefficient (Wildman–Crippen LogP) is 3.85. The molecule has 1 unspecified atom stereocenters. The minimum atomic E-state index is -0.970. The number of nitrogens with one attached hydrogen (secondary N) is 1. The number of aliphatic carboxylic acids is 1. The summed E-state index contributed by atoms with van der Waals surface area (Å²) < 4.78 is 10.8. The lowest BCUT2D eigenvalue weighted by molar-refractivity contribution is -0.140. The van der Waals surface area contributed by atoms with Crippen molar-refractivity contribution >= 4 is 34.4 Å². The number of hydrogen-bond acceptors (Lipinski definition) is 6. The molecule has 1 atom stereocenters. The highest BCUT2D eigenvalue weighted by atomic mass is 16.6. The van der Waals surface area contributed by atoms with E-state index in [1.54, 1.807) is 58.0 Å². The van der Waals surface area contributed by atoms with E-state index in [0.717, 1.165) is 5.39 Å². The molecule has 28 heavy (non-hydrogen) atoms. The van der Waals surface area contributed by atoms with Crippen LogP contribution in [0.15, 0.2) is 30.3 Å². The Morgan fingerprint density at radius 3 is 1.79 bits per heavy atom. The SMILES string of the molecule is CC(C)C(=O)Oc1cc2ccc(NC(C)C(=O)O)cc2cc1OC(=O)C(C)C. The summed E-state index contributed by atoms with van der Waals surface area (Å²) in [5, 5.41) is 13.4. The van der Waals surface area contributed by atoms with Gasteiger partial charge in [0.25, 0.3) is 0 Å². The van der Waals surface area contributed by atoms with E-state index in [2.05, 4.69) is 5.32 Å². The second-order valence-electron chi connectivity index (χ2n) is 7.22. The lowest BCUT2D eigenvalue weighted by Gasteiger charge is -2.15. The summed E-state index contributed by atoms with van der Waals surface area (Å²) >= 11 is 0. The van der Waals surface area contributed by atoms with Crippen LogP contribution in [0.2, 0.25) is 0 Å². The fraction of sp³-hybridized carbons (Fsp3) is 0.381. The molecule has 0 saturated heterocycles. The zero-order valence-electron chi connectivity index (χ0n) is 16.6. The van der Waals surface area contributed by atoms with Crippen molar-refractivity contribution in [3.05, 3.63) is 30.3 Å². The van der Waals surface area contributed by atoms with Gasteiger partial charge in [0.15, 0.2) is 11.5 Å². The summed E-state index contributed by atoms with van der Waals surface area (Å²) in [6.45, 7) is 8.38. The predicted molar refractivity (Wildman–Crippen MR) is 106 cm³/mol. The molecule has 0 aliphatic heterocycles. The monoisotopic (exact) mass is 387 g/mol. The molecule has 0 fully saturated rings. The van der Waals surface area contributed by atoms with E-state index < -0.39 is 23.9 Å². The second-order valence-corrected chi connectivity index (χ2v) is 7.22. The first-order valence-electron chi connectivity index (χ1n) is 9.09. The number of carboxylic acids is 1. The fourth-order valence-corrected chi connectivity index (χ4v) is 2.27. The Balaban J connectivity index is 2.47. The third kappa shape index (κ3) is 5.22. The van der Waals surface area contributed by atoms with Crippen LogP contribution in [-0.4, -0.2) is 29.1 Å². The van der Waals surface area contributed by atoms with Crippen molar-refractivity contribution in [3.8, 4) is 11.5 Å². The van der Waals surface area contributed by atoms with Crippen molar-refractivity contribution in [1.29, 1.82) is 0 Å². The standard InChI is InChI=1S/C21H25NO6/c1-11(2)20(25)27-17-9-14-6-7-16(22-13(5)19(23)24)8-15(14)10-18(17)28-21(26)12(3)4/h6-13,22H,1-5H3,(H,23,24). The highest BCUT2D eigenvalue weighted by Crippen LogP contribution is 2.35. The molecular weight excluding hydrogens is 362 g/mol. The molecule has 0 heterocycles. The van der Waals surface area contributed by atoms with Crippen LogP contribution in [0.4, 0.5) is 5.69 Å². The van der Waals surface area contributed by atoms with Crippen LogP contribution in [0.3, 0.4) is 0 Å². The largest absolute Gasteiger partial charge is 0.480 e. The Kier molecular flexibility index (Phi) is 6.62. The molecule has 0 spiro atoms. The molecule has 7 heteroatoms. The Morgan fingerprint density at radius 1 is 0.821 bits per heavy atom. The van der Waals surface area contributed by atoms with Gasteiger partial charge in [0, 0.05) is 5.69 Å². The van der Waals surface area contributed by atoms with E-state index in [9.17, 15) is 14.4 Å². The van der Waals surface area contributed by atoms with Gasteiger partial charge in [0.2, 0.25) is 0 Å². The molecule has 0 bridgehead atoms. The van der Waals surface area contributed by atoms with E-state index in [-0.39, 0.29) is 23.3 Å².